The topological polar surface area (TPSA) is 78.1 Å². The van der Waals surface area contributed by atoms with Crippen molar-refractivity contribution in [3.8, 4) is 11.3 Å². The van der Waals surface area contributed by atoms with E-state index in [1.807, 2.05) is 54.6 Å². The maximum absolute atomic E-state index is 11.6. The summed E-state index contributed by atoms with van der Waals surface area (Å²) in [5.41, 5.74) is 5.20. The van der Waals surface area contributed by atoms with Gasteiger partial charge < -0.3 is 5.11 Å². The van der Waals surface area contributed by atoms with E-state index in [1.54, 1.807) is 18.6 Å². The molecule has 2 aromatic carbocycles. The van der Waals surface area contributed by atoms with E-state index in [0.29, 0.717) is 17.5 Å². The maximum Gasteiger partial charge on any atom is 0.278 e. The molecule has 32 heavy (non-hydrogen) atoms. The average molecular weight is 423 g/mol. The Morgan fingerprint density at radius 3 is 2.59 bits per heavy atom. The molecular formula is C26H23N4O2+. The van der Waals surface area contributed by atoms with Crippen molar-refractivity contribution < 1.29 is 15.0 Å². The molecule has 3 heterocycles. The third kappa shape index (κ3) is 2.96. The van der Waals surface area contributed by atoms with Crippen molar-refractivity contribution in [2.45, 2.75) is 12.8 Å². The average Bonchev–Trinajstić information content (AvgIpc) is 3.11. The molecule has 6 nitrogen and oxygen atoms in total. The van der Waals surface area contributed by atoms with Gasteiger partial charge in [-0.05, 0) is 37.0 Å². The number of aliphatic hydroxyl groups excluding tert-OH is 1. The molecular weight excluding hydrogens is 400 g/mol. The first-order valence-corrected chi connectivity index (χ1v) is 10.9. The van der Waals surface area contributed by atoms with E-state index in [9.17, 15) is 10.3 Å². The number of hydrogen-bond donors (Lipinski definition) is 2. The Hall–Kier alpha value is -3.45. The highest BCUT2D eigenvalue weighted by atomic mass is 16.5. The molecule has 1 aromatic heterocycles. The van der Waals surface area contributed by atoms with Gasteiger partial charge in [0, 0.05) is 23.5 Å². The number of quaternary nitrogens is 1. The number of hydrogen-bond acceptors (Lipinski definition) is 5. The minimum absolute atomic E-state index is 0.197. The summed E-state index contributed by atoms with van der Waals surface area (Å²) in [5, 5.41) is 22.0. The van der Waals surface area contributed by atoms with Gasteiger partial charge in [0.2, 0.25) is 5.70 Å². The van der Waals surface area contributed by atoms with Gasteiger partial charge in [-0.25, -0.2) is 4.98 Å². The van der Waals surface area contributed by atoms with Gasteiger partial charge in [0.15, 0.2) is 6.20 Å². The fraction of sp³-hybridized carbons (Fsp3) is 0.192. The van der Waals surface area contributed by atoms with E-state index >= 15 is 0 Å². The number of aliphatic imine (C=N–C) groups is 2. The third-order valence-corrected chi connectivity index (χ3v) is 6.64. The second-order valence-corrected chi connectivity index (χ2v) is 8.65. The molecule has 3 aromatic rings. The van der Waals surface area contributed by atoms with Gasteiger partial charge in [-0.1, -0.05) is 47.1 Å². The molecule has 6 rings (SSSR count). The molecule has 3 aliphatic rings. The van der Waals surface area contributed by atoms with Crippen LogP contribution in [0.15, 0.2) is 94.4 Å². The van der Waals surface area contributed by atoms with Gasteiger partial charge in [0.1, 0.15) is 5.70 Å². The molecule has 1 unspecified atom stereocenters. The lowest BCUT2D eigenvalue weighted by atomic mass is 9.73. The Morgan fingerprint density at radius 2 is 1.78 bits per heavy atom. The highest BCUT2D eigenvalue weighted by molar-refractivity contribution is 6.02. The number of rotatable bonds is 4. The molecule has 1 atom stereocenters. The predicted octanol–water partition coefficient (Wildman–Crippen LogP) is 4.65. The van der Waals surface area contributed by atoms with Crippen molar-refractivity contribution >= 4 is 23.0 Å². The summed E-state index contributed by atoms with van der Waals surface area (Å²) in [6.45, 7) is 0.197. The molecule has 6 heteroatoms. The van der Waals surface area contributed by atoms with Gasteiger partial charge in [-0.15, -0.1) is 0 Å². The van der Waals surface area contributed by atoms with E-state index in [0.717, 1.165) is 46.3 Å². The number of nitrogens with zero attached hydrogens (tertiary/aromatic N) is 4. The largest absolute Gasteiger partial charge is 0.396 e. The minimum atomic E-state index is -0.483. The van der Waals surface area contributed by atoms with Crippen molar-refractivity contribution in [3.63, 3.8) is 0 Å². The zero-order valence-electron chi connectivity index (χ0n) is 17.5. The SMILES string of the molecule is OCC1CC(C2=C3C=NC=C[N+]3(O)C(c3ccc4ccc(-c5ccccc5)nc4c3)=N2)C1. The van der Waals surface area contributed by atoms with Gasteiger partial charge in [0.25, 0.3) is 5.84 Å². The van der Waals surface area contributed by atoms with Crippen molar-refractivity contribution in [2.24, 2.45) is 21.8 Å². The Bertz CT molecular complexity index is 1340. The van der Waals surface area contributed by atoms with Crippen LogP contribution in [0.4, 0.5) is 0 Å². The Balaban J connectivity index is 1.42. The second kappa shape index (κ2) is 7.31. The van der Waals surface area contributed by atoms with E-state index < -0.39 is 4.65 Å². The predicted molar refractivity (Wildman–Crippen MR) is 124 cm³/mol. The van der Waals surface area contributed by atoms with Crippen molar-refractivity contribution in [3.05, 3.63) is 90.0 Å². The van der Waals surface area contributed by atoms with Crippen molar-refractivity contribution in [1.82, 2.24) is 4.98 Å². The maximum atomic E-state index is 11.6. The highest BCUT2D eigenvalue weighted by Gasteiger charge is 2.49. The fourth-order valence-electron chi connectivity index (χ4n) is 4.79. The number of hydroxylamine groups is 3. The zero-order chi connectivity index (χ0) is 21.7. The molecule has 0 bridgehead atoms. The first kappa shape index (κ1) is 19.3. The van der Waals surface area contributed by atoms with Crippen LogP contribution < -0.4 is 0 Å². The van der Waals surface area contributed by atoms with E-state index in [2.05, 4.69) is 11.1 Å². The van der Waals surface area contributed by atoms with Crippen LogP contribution in [-0.2, 0) is 0 Å². The normalized spacial score (nSPS) is 26.2. The highest BCUT2D eigenvalue weighted by Crippen LogP contribution is 2.45. The van der Waals surface area contributed by atoms with Crippen LogP contribution >= 0.6 is 0 Å². The first-order valence-electron chi connectivity index (χ1n) is 10.9. The summed E-state index contributed by atoms with van der Waals surface area (Å²) in [6, 6.07) is 20.2. The lowest BCUT2D eigenvalue weighted by Gasteiger charge is -2.33. The first-order chi connectivity index (χ1) is 15.7. The lowest BCUT2D eigenvalue weighted by molar-refractivity contribution is -0.950. The van der Waals surface area contributed by atoms with Crippen LogP contribution in [0.25, 0.3) is 22.2 Å². The molecule has 2 N–H and O–H groups in total. The Kier molecular flexibility index (Phi) is 4.40. The molecule has 0 amide bonds. The molecule has 1 aliphatic carbocycles. The quantitative estimate of drug-likeness (QED) is 0.600. The number of allylic oxidation sites excluding steroid dienone is 2. The standard InChI is InChI=1S/C26H23N4O2/c31-16-17-12-21(13-17)25-24-15-27-10-11-30(24,32)26(29-25)20-7-6-19-8-9-22(28-23(19)14-20)18-4-2-1-3-5-18/h1-11,14-15,17,21,31-32H,12-13,16H2/q+1. The summed E-state index contributed by atoms with van der Waals surface area (Å²) in [4.78, 5) is 14.0. The third-order valence-electron chi connectivity index (χ3n) is 6.64. The second-order valence-electron chi connectivity index (χ2n) is 8.65. The van der Waals surface area contributed by atoms with Crippen LogP contribution in [0, 0.1) is 11.8 Å². The van der Waals surface area contributed by atoms with Crippen LogP contribution in [0.2, 0.25) is 0 Å². The van der Waals surface area contributed by atoms with E-state index in [1.165, 1.54) is 0 Å². The molecule has 0 saturated heterocycles. The lowest BCUT2D eigenvalue weighted by Crippen LogP contribution is -2.44. The van der Waals surface area contributed by atoms with Crippen LogP contribution in [0.5, 0.6) is 0 Å². The summed E-state index contributed by atoms with van der Waals surface area (Å²) in [5.74, 6) is 1.09. The van der Waals surface area contributed by atoms with Crippen molar-refractivity contribution in [1.29, 1.82) is 0 Å². The van der Waals surface area contributed by atoms with Crippen LogP contribution in [0.3, 0.4) is 0 Å². The summed E-state index contributed by atoms with van der Waals surface area (Å²) in [6.07, 6.45) is 6.71. The monoisotopic (exact) mass is 423 g/mol. The van der Waals surface area contributed by atoms with Gasteiger partial charge in [-0.3, -0.25) is 4.99 Å². The van der Waals surface area contributed by atoms with Gasteiger partial charge in [-0.2, -0.15) is 10.2 Å². The number of benzene rings is 2. The van der Waals surface area contributed by atoms with E-state index in [4.69, 9.17) is 9.98 Å². The fourth-order valence-corrected chi connectivity index (χ4v) is 4.79. The molecule has 1 fully saturated rings. The zero-order valence-corrected chi connectivity index (χ0v) is 17.5. The molecule has 0 radical (unpaired) electrons. The van der Waals surface area contributed by atoms with Crippen LogP contribution in [0.1, 0.15) is 18.4 Å². The summed E-state index contributed by atoms with van der Waals surface area (Å²) >= 11 is 0. The van der Waals surface area contributed by atoms with Crippen LogP contribution in [-0.4, -0.2) is 38.6 Å². The minimum Gasteiger partial charge on any atom is -0.396 e. The molecule has 2 aliphatic heterocycles. The summed E-state index contributed by atoms with van der Waals surface area (Å²) < 4.78 is -0.483. The Labute approximate surface area is 185 Å². The molecule has 158 valence electrons. The number of pyridine rings is 1. The van der Waals surface area contributed by atoms with E-state index in [-0.39, 0.29) is 12.5 Å². The summed E-state index contributed by atoms with van der Waals surface area (Å²) in [7, 11) is 0. The van der Waals surface area contributed by atoms with Gasteiger partial charge in [0.05, 0.1) is 29.2 Å². The molecule has 0 spiro atoms. The number of amidine groups is 1. The van der Waals surface area contributed by atoms with Crippen molar-refractivity contribution in [2.75, 3.05) is 6.61 Å². The number of aliphatic hydroxyl groups is 1. The number of aromatic nitrogens is 1. The van der Waals surface area contributed by atoms with Gasteiger partial charge >= 0.3 is 0 Å². The molecule has 1 saturated carbocycles. The Morgan fingerprint density at radius 1 is 0.969 bits per heavy atom. The number of fused-ring (bicyclic) bond motifs is 2. The smallest absolute Gasteiger partial charge is 0.278 e.